The molecule has 5 heteroatoms. The molecule has 2 aromatic rings. The van der Waals surface area contributed by atoms with Crippen LogP contribution in [0.2, 0.25) is 5.02 Å². The van der Waals surface area contributed by atoms with Crippen LogP contribution in [-0.2, 0) is 0 Å². The zero-order valence-corrected chi connectivity index (χ0v) is 9.36. The Morgan fingerprint density at radius 2 is 2.24 bits per heavy atom. The van der Waals surface area contributed by atoms with Gasteiger partial charge in [0.1, 0.15) is 6.26 Å². The number of furan rings is 1. The lowest BCUT2D eigenvalue weighted by molar-refractivity contribution is 0.102. The van der Waals surface area contributed by atoms with Crippen LogP contribution in [-0.4, -0.2) is 5.91 Å². The Hall–Kier alpha value is -2.25. The van der Waals surface area contributed by atoms with Crippen LogP contribution in [0.1, 0.15) is 15.9 Å². The van der Waals surface area contributed by atoms with E-state index in [0.29, 0.717) is 21.8 Å². The molecular weight excluding hydrogens is 240 g/mol. The molecule has 17 heavy (non-hydrogen) atoms. The standard InChI is InChI=1S/C12H7ClN2O2/c13-10-2-1-8(6-14)5-11(10)15-12(16)9-3-4-17-7-9/h1-5,7H,(H,15,16). The predicted molar refractivity (Wildman–Crippen MR) is 62.8 cm³/mol. The van der Waals surface area contributed by atoms with Crippen LogP contribution in [0.3, 0.4) is 0 Å². The Labute approximate surface area is 102 Å². The summed E-state index contributed by atoms with van der Waals surface area (Å²) in [6.07, 6.45) is 2.74. The smallest absolute Gasteiger partial charge is 0.258 e. The zero-order valence-electron chi connectivity index (χ0n) is 8.61. The third kappa shape index (κ3) is 2.47. The van der Waals surface area contributed by atoms with Crippen molar-refractivity contribution in [2.75, 3.05) is 5.32 Å². The van der Waals surface area contributed by atoms with Gasteiger partial charge in [-0.15, -0.1) is 0 Å². The van der Waals surface area contributed by atoms with E-state index in [4.69, 9.17) is 21.3 Å². The van der Waals surface area contributed by atoms with Gasteiger partial charge in [0.2, 0.25) is 0 Å². The van der Waals surface area contributed by atoms with Gasteiger partial charge in [0.05, 0.1) is 34.2 Å². The fourth-order valence-corrected chi connectivity index (χ4v) is 1.44. The molecule has 0 saturated carbocycles. The van der Waals surface area contributed by atoms with E-state index in [0.717, 1.165) is 0 Å². The lowest BCUT2D eigenvalue weighted by Crippen LogP contribution is -2.11. The number of nitrogens with zero attached hydrogens (tertiary/aromatic N) is 1. The van der Waals surface area contributed by atoms with Crippen LogP contribution in [0.5, 0.6) is 0 Å². The summed E-state index contributed by atoms with van der Waals surface area (Å²) in [5.41, 5.74) is 1.22. The lowest BCUT2D eigenvalue weighted by Gasteiger charge is -2.05. The molecule has 0 bridgehead atoms. The summed E-state index contributed by atoms with van der Waals surface area (Å²) < 4.78 is 4.80. The molecule has 0 fully saturated rings. The van der Waals surface area contributed by atoms with E-state index in [1.54, 1.807) is 12.1 Å². The quantitative estimate of drug-likeness (QED) is 0.886. The van der Waals surface area contributed by atoms with Crippen molar-refractivity contribution in [2.24, 2.45) is 0 Å². The second kappa shape index (κ2) is 4.73. The normalized spacial score (nSPS) is 9.65. The molecule has 0 aliphatic rings. The molecule has 1 heterocycles. The number of rotatable bonds is 2. The molecule has 0 saturated heterocycles. The number of benzene rings is 1. The van der Waals surface area contributed by atoms with Crippen molar-refractivity contribution in [3.05, 3.63) is 52.9 Å². The molecule has 0 aliphatic carbocycles. The first-order valence-corrected chi connectivity index (χ1v) is 5.11. The Morgan fingerprint density at radius 3 is 2.88 bits per heavy atom. The van der Waals surface area contributed by atoms with Crippen LogP contribution < -0.4 is 5.32 Å². The van der Waals surface area contributed by atoms with Gasteiger partial charge < -0.3 is 9.73 Å². The number of hydrogen-bond acceptors (Lipinski definition) is 3. The molecule has 4 nitrogen and oxygen atoms in total. The van der Waals surface area contributed by atoms with Crippen LogP contribution in [0.15, 0.2) is 41.2 Å². The Bertz CT molecular complexity index is 585. The van der Waals surface area contributed by atoms with Crippen LogP contribution in [0.4, 0.5) is 5.69 Å². The van der Waals surface area contributed by atoms with Gasteiger partial charge in [0.25, 0.3) is 5.91 Å². The van der Waals surface area contributed by atoms with Crippen molar-refractivity contribution in [1.29, 1.82) is 5.26 Å². The highest BCUT2D eigenvalue weighted by Gasteiger charge is 2.09. The number of carbonyl (C=O) groups excluding carboxylic acids is 1. The maximum absolute atomic E-state index is 11.7. The summed E-state index contributed by atoms with van der Waals surface area (Å²) in [5, 5.41) is 11.7. The average Bonchev–Trinajstić information content (AvgIpc) is 2.85. The van der Waals surface area contributed by atoms with Gasteiger partial charge in [-0.25, -0.2) is 0 Å². The fraction of sp³-hybridized carbons (Fsp3) is 0. The molecule has 0 aliphatic heterocycles. The number of halogens is 1. The molecule has 1 aromatic carbocycles. The van der Waals surface area contributed by atoms with E-state index in [2.05, 4.69) is 5.32 Å². The summed E-state index contributed by atoms with van der Waals surface area (Å²) in [6.45, 7) is 0. The van der Waals surface area contributed by atoms with Crippen molar-refractivity contribution in [3.63, 3.8) is 0 Å². The van der Waals surface area contributed by atoms with Crippen molar-refractivity contribution in [1.82, 2.24) is 0 Å². The molecule has 84 valence electrons. The number of amides is 1. The lowest BCUT2D eigenvalue weighted by atomic mass is 10.2. The Morgan fingerprint density at radius 1 is 1.41 bits per heavy atom. The van der Waals surface area contributed by atoms with E-state index in [1.165, 1.54) is 24.7 Å². The zero-order chi connectivity index (χ0) is 12.3. The maximum Gasteiger partial charge on any atom is 0.258 e. The molecular formula is C12H7ClN2O2. The summed E-state index contributed by atoms with van der Waals surface area (Å²) in [6, 6.07) is 8.17. The minimum absolute atomic E-state index is 0.337. The van der Waals surface area contributed by atoms with Gasteiger partial charge in [0, 0.05) is 0 Å². The molecule has 1 amide bonds. The monoisotopic (exact) mass is 246 g/mol. The molecule has 0 atom stereocenters. The molecule has 1 aromatic heterocycles. The van der Waals surface area contributed by atoms with Crippen molar-refractivity contribution >= 4 is 23.2 Å². The largest absolute Gasteiger partial charge is 0.472 e. The van der Waals surface area contributed by atoms with Gasteiger partial charge in [-0.05, 0) is 24.3 Å². The van der Waals surface area contributed by atoms with Gasteiger partial charge in [-0.3, -0.25) is 4.79 Å². The first-order valence-electron chi connectivity index (χ1n) is 4.74. The number of carbonyl (C=O) groups is 1. The minimum Gasteiger partial charge on any atom is -0.472 e. The maximum atomic E-state index is 11.7. The van der Waals surface area contributed by atoms with Gasteiger partial charge in [-0.2, -0.15) is 5.26 Å². The van der Waals surface area contributed by atoms with E-state index in [9.17, 15) is 4.79 Å². The number of nitriles is 1. The third-order valence-corrected chi connectivity index (χ3v) is 2.46. The predicted octanol–water partition coefficient (Wildman–Crippen LogP) is 3.06. The second-order valence-electron chi connectivity index (χ2n) is 3.27. The minimum atomic E-state index is -0.337. The molecule has 0 spiro atoms. The van der Waals surface area contributed by atoms with Gasteiger partial charge in [-0.1, -0.05) is 11.6 Å². The highest BCUT2D eigenvalue weighted by molar-refractivity contribution is 6.34. The summed E-state index contributed by atoms with van der Waals surface area (Å²) >= 11 is 5.91. The second-order valence-corrected chi connectivity index (χ2v) is 3.68. The van der Waals surface area contributed by atoms with Crippen LogP contribution in [0.25, 0.3) is 0 Å². The van der Waals surface area contributed by atoms with E-state index in [-0.39, 0.29) is 5.91 Å². The number of nitrogens with one attached hydrogen (secondary N) is 1. The summed E-state index contributed by atoms with van der Waals surface area (Å²) in [7, 11) is 0. The first kappa shape index (κ1) is 11.2. The van der Waals surface area contributed by atoms with Crippen molar-refractivity contribution in [3.8, 4) is 6.07 Å². The molecule has 0 radical (unpaired) electrons. The number of anilines is 1. The summed E-state index contributed by atoms with van der Waals surface area (Å²) in [5.74, 6) is -0.337. The van der Waals surface area contributed by atoms with Crippen LogP contribution in [0, 0.1) is 11.3 Å². The first-order chi connectivity index (χ1) is 8.20. The molecule has 2 rings (SSSR count). The Kier molecular flexibility index (Phi) is 3.12. The van der Waals surface area contributed by atoms with Crippen molar-refractivity contribution in [2.45, 2.75) is 0 Å². The van der Waals surface area contributed by atoms with Crippen molar-refractivity contribution < 1.29 is 9.21 Å². The summed E-state index contributed by atoms with van der Waals surface area (Å²) in [4.78, 5) is 11.7. The van der Waals surface area contributed by atoms with Gasteiger partial charge in [0.15, 0.2) is 0 Å². The Balaban J connectivity index is 2.25. The SMILES string of the molecule is N#Cc1ccc(Cl)c(NC(=O)c2ccoc2)c1. The fourth-order valence-electron chi connectivity index (χ4n) is 1.28. The van der Waals surface area contributed by atoms with Gasteiger partial charge >= 0.3 is 0 Å². The van der Waals surface area contributed by atoms with E-state index < -0.39 is 0 Å². The number of hydrogen-bond donors (Lipinski definition) is 1. The average molecular weight is 247 g/mol. The highest BCUT2D eigenvalue weighted by Crippen LogP contribution is 2.23. The van der Waals surface area contributed by atoms with Crippen LogP contribution >= 0.6 is 11.6 Å². The molecule has 0 unspecified atom stereocenters. The highest BCUT2D eigenvalue weighted by atomic mass is 35.5. The van der Waals surface area contributed by atoms with E-state index >= 15 is 0 Å². The topological polar surface area (TPSA) is 66.0 Å². The third-order valence-electron chi connectivity index (χ3n) is 2.13. The molecule has 1 N–H and O–H groups in total. The van der Waals surface area contributed by atoms with E-state index in [1.807, 2.05) is 6.07 Å².